The molecule has 0 spiro atoms. The molecule has 1 atom stereocenters. The van der Waals surface area contributed by atoms with Crippen LogP contribution in [0, 0.1) is 10.8 Å². The Labute approximate surface area is 240 Å². The highest BCUT2D eigenvalue weighted by Gasteiger charge is 2.40. The molecule has 1 N–H and O–H groups in total. The van der Waals surface area contributed by atoms with Gasteiger partial charge >= 0.3 is 8.60 Å². The number of benzene rings is 1. The fourth-order valence-electron chi connectivity index (χ4n) is 3.96. The fraction of sp³-hybridized carbons (Fsp3) is 0.613. The zero-order valence-electron chi connectivity index (χ0n) is 25.5. The minimum atomic E-state index is -1.60. The third kappa shape index (κ3) is 10.6. The van der Waals surface area contributed by atoms with Crippen molar-refractivity contribution in [2.45, 2.75) is 86.0 Å². The SMILES string of the molecule is C=CC/C(OPOCC1(CO)COP(Oc2ccc(C(C)(C)C)cc2C(C)(C)C)OC1)=C(\C=C)CC(C)(C)C. The van der Waals surface area contributed by atoms with Crippen LogP contribution >= 0.6 is 17.6 Å². The van der Waals surface area contributed by atoms with Gasteiger partial charge in [0.2, 0.25) is 9.03 Å². The molecule has 1 aliphatic heterocycles. The fourth-order valence-corrected chi connectivity index (χ4v) is 5.96. The maximum atomic E-state index is 10.2. The van der Waals surface area contributed by atoms with Crippen LogP contribution in [0.4, 0.5) is 0 Å². The van der Waals surface area contributed by atoms with E-state index in [-0.39, 0.29) is 51.7 Å². The van der Waals surface area contributed by atoms with E-state index in [2.05, 4.69) is 87.6 Å². The molecule has 1 heterocycles. The van der Waals surface area contributed by atoms with E-state index in [4.69, 9.17) is 22.6 Å². The smallest absolute Gasteiger partial charge is 0.397 e. The molecule has 0 bridgehead atoms. The van der Waals surface area contributed by atoms with E-state index in [9.17, 15) is 5.11 Å². The third-order valence-corrected chi connectivity index (χ3v) is 7.99. The zero-order valence-corrected chi connectivity index (χ0v) is 27.4. The van der Waals surface area contributed by atoms with Crippen LogP contribution in [0.1, 0.15) is 86.3 Å². The monoisotopic (exact) mass is 580 g/mol. The van der Waals surface area contributed by atoms with Gasteiger partial charge in [0.15, 0.2) is 0 Å². The summed E-state index contributed by atoms with van der Waals surface area (Å²) in [6, 6.07) is 6.33. The van der Waals surface area contributed by atoms with Crippen molar-refractivity contribution in [3.63, 3.8) is 0 Å². The normalized spacial score (nSPS) is 21.5. The molecule has 0 amide bonds. The molecule has 0 aliphatic carbocycles. The molecule has 2 rings (SSSR count). The van der Waals surface area contributed by atoms with Gasteiger partial charge in [0.05, 0.1) is 31.8 Å². The van der Waals surface area contributed by atoms with Gasteiger partial charge < -0.3 is 27.7 Å². The van der Waals surface area contributed by atoms with Gasteiger partial charge in [-0.2, -0.15) is 0 Å². The van der Waals surface area contributed by atoms with E-state index in [1.807, 2.05) is 18.2 Å². The van der Waals surface area contributed by atoms with Crippen LogP contribution in [-0.4, -0.2) is 31.5 Å². The number of hydrogen-bond donors (Lipinski definition) is 1. The van der Waals surface area contributed by atoms with Crippen molar-refractivity contribution in [2.75, 3.05) is 26.4 Å². The highest BCUT2D eigenvalue weighted by Crippen LogP contribution is 2.50. The summed E-state index contributed by atoms with van der Waals surface area (Å²) in [5, 5.41) is 10.2. The summed E-state index contributed by atoms with van der Waals surface area (Å²) in [4.78, 5) is 0. The summed E-state index contributed by atoms with van der Waals surface area (Å²) in [6.45, 7) is 28.1. The van der Waals surface area contributed by atoms with Crippen molar-refractivity contribution in [1.82, 2.24) is 0 Å². The Morgan fingerprint density at radius 3 is 2.18 bits per heavy atom. The van der Waals surface area contributed by atoms with E-state index in [1.54, 1.807) is 0 Å². The summed E-state index contributed by atoms with van der Waals surface area (Å²) in [7, 11) is -1.83. The predicted octanol–water partition coefficient (Wildman–Crippen LogP) is 8.91. The molecule has 1 aromatic rings. The Morgan fingerprint density at radius 1 is 1.05 bits per heavy atom. The molecule has 1 unspecified atom stereocenters. The summed E-state index contributed by atoms with van der Waals surface area (Å²) in [5.74, 6) is 1.57. The van der Waals surface area contributed by atoms with Gasteiger partial charge in [-0.1, -0.05) is 93.2 Å². The molecule has 1 saturated heterocycles. The number of aliphatic hydroxyl groups is 1. The maximum Gasteiger partial charge on any atom is 0.397 e. The quantitative estimate of drug-likeness (QED) is 0.0876. The first-order chi connectivity index (χ1) is 18.0. The van der Waals surface area contributed by atoms with Crippen molar-refractivity contribution in [1.29, 1.82) is 0 Å². The van der Waals surface area contributed by atoms with Gasteiger partial charge in [0, 0.05) is 12.0 Å². The lowest BCUT2D eigenvalue weighted by molar-refractivity contribution is -0.0445. The number of allylic oxidation sites excluding steroid dienone is 3. The summed E-state index contributed by atoms with van der Waals surface area (Å²) >= 11 is 0. The van der Waals surface area contributed by atoms with Crippen LogP contribution in [0.3, 0.4) is 0 Å². The van der Waals surface area contributed by atoms with Crippen molar-refractivity contribution in [2.24, 2.45) is 10.8 Å². The standard InChI is InChI=1S/C31H50O6P2/c1-12-14-26(23(13-2)18-28(3,4)5)36-38-33-20-31(19-32)21-34-39(35-22-31)37-27-16-15-24(29(6,7)8)17-25(27)30(9,10)11/h12-13,15-17,32,38H,1-2,14,18-22H2,3-11H3/b26-23-. The lowest BCUT2D eigenvalue weighted by Gasteiger charge is -2.37. The molecule has 0 radical (unpaired) electrons. The van der Waals surface area contributed by atoms with Gasteiger partial charge in [-0.25, -0.2) is 0 Å². The Bertz CT molecular complexity index is 990. The predicted molar refractivity (Wildman–Crippen MR) is 164 cm³/mol. The van der Waals surface area contributed by atoms with Crippen molar-refractivity contribution >= 4 is 17.6 Å². The second-order valence-electron chi connectivity index (χ2n) is 13.6. The summed E-state index contributed by atoms with van der Waals surface area (Å²) in [5.41, 5.74) is 2.76. The molecule has 8 heteroatoms. The van der Waals surface area contributed by atoms with Gasteiger partial charge in [0.1, 0.15) is 11.5 Å². The second-order valence-corrected chi connectivity index (χ2v) is 15.4. The van der Waals surface area contributed by atoms with Crippen LogP contribution in [-0.2, 0) is 28.9 Å². The Balaban J connectivity index is 2.00. The molecular formula is C31H50O6P2. The Hall–Kier alpha value is -1.26. The van der Waals surface area contributed by atoms with E-state index < -0.39 is 14.0 Å². The zero-order chi connectivity index (χ0) is 29.5. The molecule has 0 aromatic heterocycles. The van der Waals surface area contributed by atoms with Gasteiger partial charge in [0.25, 0.3) is 0 Å². The van der Waals surface area contributed by atoms with Crippen LogP contribution in [0.25, 0.3) is 0 Å². The lowest BCUT2D eigenvalue weighted by atomic mass is 9.80. The molecule has 1 aliphatic rings. The summed E-state index contributed by atoms with van der Waals surface area (Å²) < 4.78 is 30.1. The van der Waals surface area contributed by atoms with Crippen molar-refractivity contribution in [3.05, 3.63) is 66.0 Å². The van der Waals surface area contributed by atoms with E-state index in [0.29, 0.717) is 6.42 Å². The number of aliphatic hydroxyl groups excluding tert-OH is 1. The second kappa shape index (κ2) is 14.1. The average molecular weight is 581 g/mol. The maximum absolute atomic E-state index is 10.2. The highest BCUT2D eigenvalue weighted by atomic mass is 31.2. The molecule has 220 valence electrons. The van der Waals surface area contributed by atoms with Crippen molar-refractivity contribution < 1.29 is 27.7 Å². The van der Waals surface area contributed by atoms with Crippen LogP contribution < -0.4 is 4.52 Å². The number of hydrogen-bond acceptors (Lipinski definition) is 6. The Kier molecular flexibility index (Phi) is 12.3. The van der Waals surface area contributed by atoms with Crippen LogP contribution in [0.5, 0.6) is 5.75 Å². The Morgan fingerprint density at radius 2 is 1.69 bits per heavy atom. The molecule has 6 nitrogen and oxygen atoms in total. The van der Waals surface area contributed by atoms with E-state index >= 15 is 0 Å². The molecule has 1 fully saturated rings. The average Bonchev–Trinajstić information content (AvgIpc) is 2.84. The molecule has 39 heavy (non-hydrogen) atoms. The molecule has 1 aromatic carbocycles. The van der Waals surface area contributed by atoms with Crippen LogP contribution in [0.15, 0.2) is 54.8 Å². The van der Waals surface area contributed by atoms with Gasteiger partial charge in [-0.15, -0.1) is 6.58 Å². The topological polar surface area (TPSA) is 66.4 Å². The minimum absolute atomic E-state index is 0.0366. The van der Waals surface area contributed by atoms with E-state index in [1.165, 1.54) is 5.56 Å². The molecule has 0 saturated carbocycles. The first-order valence-electron chi connectivity index (χ1n) is 13.5. The van der Waals surface area contributed by atoms with Crippen molar-refractivity contribution in [3.8, 4) is 5.75 Å². The first-order valence-corrected chi connectivity index (χ1v) is 15.4. The third-order valence-electron chi connectivity index (χ3n) is 6.37. The largest absolute Gasteiger partial charge is 0.453 e. The minimum Gasteiger partial charge on any atom is -0.453 e. The van der Waals surface area contributed by atoms with Crippen LogP contribution in [0.2, 0.25) is 0 Å². The number of rotatable bonds is 12. The van der Waals surface area contributed by atoms with Gasteiger partial charge in [-0.3, -0.25) is 0 Å². The first kappa shape index (κ1) is 33.9. The molecular weight excluding hydrogens is 530 g/mol. The highest BCUT2D eigenvalue weighted by molar-refractivity contribution is 7.42. The lowest BCUT2D eigenvalue weighted by Crippen LogP contribution is -2.42. The van der Waals surface area contributed by atoms with E-state index in [0.717, 1.165) is 29.1 Å². The summed E-state index contributed by atoms with van der Waals surface area (Å²) in [6.07, 6.45) is 5.09. The van der Waals surface area contributed by atoms with Gasteiger partial charge in [-0.05, 0) is 39.9 Å².